The maximum atomic E-state index is 13.2. The van der Waals surface area contributed by atoms with Gasteiger partial charge < -0.3 is 5.32 Å². The smallest absolute Gasteiger partial charge is 0.263 e. The molecule has 4 rings (SSSR count). The van der Waals surface area contributed by atoms with E-state index in [9.17, 15) is 9.59 Å². The fourth-order valence-electron chi connectivity index (χ4n) is 3.63. The number of hydrogen-bond acceptors (Lipinski definition) is 4. The van der Waals surface area contributed by atoms with Gasteiger partial charge in [0.1, 0.15) is 11.4 Å². The molecule has 0 saturated heterocycles. The predicted molar refractivity (Wildman–Crippen MR) is 123 cm³/mol. The zero-order chi connectivity index (χ0) is 21.4. The second-order valence-electron chi connectivity index (χ2n) is 7.62. The van der Waals surface area contributed by atoms with E-state index in [0.29, 0.717) is 10.2 Å². The summed E-state index contributed by atoms with van der Waals surface area (Å²) in [5.41, 5.74) is 6.84. The molecule has 5 nitrogen and oxygen atoms in total. The fraction of sp³-hybridized carbons (Fsp3) is 0.208. The minimum Gasteiger partial charge on any atom is -0.324 e. The van der Waals surface area contributed by atoms with E-state index in [0.717, 1.165) is 33.5 Å². The third-order valence-corrected chi connectivity index (χ3v) is 6.31. The largest absolute Gasteiger partial charge is 0.324 e. The van der Waals surface area contributed by atoms with Gasteiger partial charge in [-0.15, -0.1) is 11.3 Å². The predicted octanol–water partition coefficient (Wildman–Crippen LogP) is 5.00. The van der Waals surface area contributed by atoms with Gasteiger partial charge in [0.05, 0.1) is 11.7 Å². The van der Waals surface area contributed by atoms with Crippen LogP contribution in [0.4, 0.5) is 5.69 Å². The maximum Gasteiger partial charge on any atom is 0.263 e. The lowest BCUT2D eigenvalue weighted by Gasteiger charge is -2.11. The van der Waals surface area contributed by atoms with Gasteiger partial charge in [-0.25, -0.2) is 4.98 Å². The molecule has 0 unspecified atom stereocenters. The zero-order valence-electron chi connectivity index (χ0n) is 17.4. The van der Waals surface area contributed by atoms with Crippen molar-refractivity contribution in [2.75, 3.05) is 5.32 Å². The molecule has 0 bridgehead atoms. The van der Waals surface area contributed by atoms with Crippen LogP contribution in [-0.2, 0) is 11.3 Å². The third kappa shape index (κ3) is 3.66. The summed E-state index contributed by atoms with van der Waals surface area (Å²) in [7, 11) is 0. The molecule has 0 aliphatic heterocycles. The molecule has 1 amide bonds. The summed E-state index contributed by atoms with van der Waals surface area (Å²) in [6, 6.07) is 11.9. The molecular formula is C24H23N3O2S. The van der Waals surface area contributed by atoms with Crippen LogP contribution >= 0.6 is 11.3 Å². The second kappa shape index (κ2) is 7.88. The van der Waals surface area contributed by atoms with Gasteiger partial charge in [0.2, 0.25) is 5.91 Å². The summed E-state index contributed by atoms with van der Waals surface area (Å²) in [5, 5.41) is 5.44. The first-order valence-corrected chi connectivity index (χ1v) is 10.6. The Morgan fingerprint density at radius 1 is 1.07 bits per heavy atom. The minimum absolute atomic E-state index is 0.0860. The highest BCUT2D eigenvalue weighted by atomic mass is 32.1. The summed E-state index contributed by atoms with van der Waals surface area (Å²) in [6.45, 7) is 7.96. The minimum atomic E-state index is -0.254. The first kappa shape index (κ1) is 20.0. The van der Waals surface area contributed by atoms with Crippen LogP contribution in [0.25, 0.3) is 21.3 Å². The summed E-state index contributed by atoms with van der Waals surface area (Å²) < 4.78 is 1.38. The Labute approximate surface area is 179 Å². The lowest BCUT2D eigenvalue weighted by molar-refractivity contribution is -0.116. The van der Waals surface area contributed by atoms with Gasteiger partial charge >= 0.3 is 0 Å². The van der Waals surface area contributed by atoms with Crippen LogP contribution < -0.4 is 10.9 Å². The summed E-state index contributed by atoms with van der Waals surface area (Å²) in [4.78, 5) is 31.0. The molecule has 0 fully saturated rings. The topological polar surface area (TPSA) is 64.0 Å². The first-order chi connectivity index (χ1) is 14.3. The van der Waals surface area contributed by atoms with E-state index in [-0.39, 0.29) is 18.0 Å². The van der Waals surface area contributed by atoms with Gasteiger partial charge in [0, 0.05) is 16.6 Å². The number of aryl methyl sites for hydroxylation is 3. The van der Waals surface area contributed by atoms with E-state index in [1.54, 1.807) is 0 Å². The number of nitrogens with one attached hydrogen (secondary N) is 1. The van der Waals surface area contributed by atoms with Gasteiger partial charge in [-0.05, 0) is 56.0 Å². The fourth-order valence-corrected chi connectivity index (χ4v) is 4.52. The highest BCUT2D eigenvalue weighted by molar-refractivity contribution is 7.17. The molecule has 2 heterocycles. The first-order valence-electron chi connectivity index (χ1n) is 9.75. The lowest BCUT2D eigenvalue weighted by atomic mass is 9.99. The van der Waals surface area contributed by atoms with E-state index in [1.165, 1.54) is 27.8 Å². The average molecular weight is 418 g/mol. The maximum absolute atomic E-state index is 13.2. The van der Waals surface area contributed by atoms with Gasteiger partial charge in [-0.1, -0.05) is 35.9 Å². The van der Waals surface area contributed by atoms with E-state index < -0.39 is 0 Å². The highest BCUT2D eigenvalue weighted by Crippen LogP contribution is 2.33. The molecule has 1 N–H and O–H groups in total. The third-order valence-electron chi connectivity index (χ3n) is 5.43. The Morgan fingerprint density at radius 3 is 2.63 bits per heavy atom. The Hall–Kier alpha value is -3.25. The van der Waals surface area contributed by atoms with Crippen LogP contribution in [0.2, 0.25) is 0 Å². The SMILES string of the molecule is Cc1ccc(-c2csc3ncn(CC(=O)Nc4cccc(C)c4C)c(=O)c23)c(C)c1. The van der Waals surface area contributed by atoms with Gasteiger partial charge in [0.15, 0.2) is 0 Å². The van der Waals surface area contributed by atoms with Crippen LogP contribution in [0, 0.1) is 27.7 Å². The number of carbonyl (C=O) groups is 1. The standard InChI is InChI=1S/C24H23N3O2S/c1-14-8-9-18(16(3)10-14)19-12-30-23-22(19)24(29)27(13-25-23)11-21(28)26-20-7-5-6-15(2)17(20)4/h5-10,12-13H,11H2,1-4H3,(H,26,28). The molecule has 0 saturated carbocycles. The number of rotatable bonds is 4. The summed E-state index contributed by atoms with van der Waals surface area (Å²) in [6.07, 6.45) is 1.45. The van der Waals surface area contributed by atoms with E-state index in [1.807, 2.05) is 63.4 Å². The van der Waals surface area contributed by atoms with Gasteiger partial charge in [-0.2, -0.15) is 0 Å². The number of thiophene rings is 1. The Balaban J connectivity index is 1.69. The molecule has 0 spiro atoms. The molecule has 30 heavy (non-hydrogen) atoms. The zero-order valence-corrected chi connectivity index (χ0v) is 18.3. The molecular weight excluding hydrogens is 394 g/mol. The van der Waals surface area contributed by atoms with Crippen molar-refractivity contribution in [2.45, 2.75) is 34.2 Å². The Kier molecular flexibility index (Phi) is 5.26. The molecule has 0 aliphatic carbocycles. The number of benzene rings is 2. The number of nitrogens with zero attached hydrogens (tertiary/aromatic N) is 2. The van der Waals surface area contributed by atoms with Crippen LogP contribution in [0.3, 0.4) is 0 Å². The average Bonchev–Trinajstić information content (AvgIpc) is 3.12. The number of carbonyl (C=O) groups excluding carboxylic acids is 1. The van der Waals surface area contributed by atoms with E-state index >= 15 is 0 Å². The molecule has 2 aromatic carbocycles. The van der Waals surface area contributed by atoms with Crippen molar-refractivity contribution in [3.05, 3.63) is 80.7 Å². The van der Waals surface area contributed by atoms with Crippen LogP contribution in [0.15, 0.2) is 52.9 Å². The number of aromatic nitrogens is 2. The summed E-state index contributed by atoms with van der Waals surface area (Å²) in [5.74, 6) is -0.254. The van der Waals surface area contributed by atoms with Crippen LogP contribution in [0.1, 0.15) is 22.3 Å². The quantitative estimate of drug-likeness (QED) is 0.508. The van der Waals surface area contributed by atoms with Crippen molar-refractivity contribution in [3.63, 3.8) is 0 Å². The molecule has 6 heteroatoms. The number of anilines is 1. The molecule has 0 radical (unpaired) electrons. The molecule has 0 atom stereocenters. The summed E-state index contributed by atoms with van der Waals surface area (Å²) >= 11 is 1.44. The number of hydrogen-bond donors (Lipinski definition) is 1. The molecule has 0 aliphatic rings. The number of fused-ring (bicyclic) bond motifs is 1. The normalized spacial score (nSPS) is 11.1. The van der Waals surface area contributed by atoms with Crippen molar-refractivity contribution in [3.8, 4) is 11.1 Å². The van der Waals surface area contributed by atoms with Gasteiger partial charge in [0.25, 0.3) is 5.56 Å². The number of amides is 1. The van der Waals surface area contributed by atoms with Crippen molar-refractivity contribution in [2.24, 2.45) is 0 Å². The molecule has 2 aromatic heterocycles. The van der Waals surface area contributed by atoms with Crippen molar-refractivity contribution >= 4 is 33.1 Å². The van der Waals surface area contributed by atoms with Crippen LogP contribution in [-0.4, -0.2) is 15.5 Å². The van der Waals surface area contributed by atoms with Crippen molar-refractivity contribution in [1.29, 1.82) is 0 Å². The highest BCUT2D eigenvalue weighted by Gasteiger charge is 2.16. The van der Waals surface area contributed by atoms with E-state index in [2.05, 4.69) is 16.4 Å². The van der Waals surface area contributed by atoms with Gasteiger partial charge in [-0.3, -0.25) is 14.2 Å². The molecule has 152 valence electrons. The monoisotopic (exact) mass is 417 g/mol. The van der Waals surface area contributed by atoms with Crippen LogP contribution in [0.5, 0.6) is 0 Å². The Bertz CT molecular complexity index is 1330. The lowest BCUT2D eigenvalue weighted by Crippen LogP contribution is -2.28. The Morgan fingerprint density at radius 2 is 1.87 bits per heavy atom. The van der Waals surface area contributed by atoms with Crippen molar-refractivity contribution in [1.82, 2.24) is 9.55 Å². The van der Waals surface area contributed by atoms with E-state index in [4.69, 9.17) is 0 Å². The molecule has 4 aromatic rings. The second-order valence-corrected chi connectivity index (χ2v) is 8.48. The van der Waals surface area contributed by atoms with Crippen molar-refractivity contribution < 1.29 is 4.79 Å².